The fourth-order valence-electron chi connectivity index (χ4n) is 7.67. The fraction of sp³-hybridized carbons (Fsp3) is 0.568. The quantitative estimate of drug-likeness (QED) is 0.299. The first-order valence-electron chi connectivity index (χ1n) is 16.2. The maximum Gasteiger partial charge on any atom is 0.133 e. The van der Waals surface area contributed by atoms with Gasteiger partial charge in [0, 0.05) is 42.5 Å². The maximum atomic E-state index is 6.07. The monoisotopic (exact) mass is 552 g/mol. The summed E-state index contributed by atoms with van der Waals surface area (Å²) in [5.74, 6) is 2.14. The molecule has 41 heavy (non-hydrogen) atoms. The second-order valence-corrected chi connectivity index (χ2v) is 13.9. The van der Waals surface area contributed by atoms with Gasteiger partial charge in [-0.15, -0.1) is 0 Å². The molecule has 0 radical (unpaired) electrons. The lowest BCUT2D eigenvalue weighted by Gasteiger charge is -2.55. The number of aromatic nitrogens is 1. The van der Waals surface area contributed by atoms with Crippen LogP contribution in [0.15, 0.2) is 66.1 Å². The Morgan fingerprint density at radius 3 is 2.24 bits per heavy atom. The van der Waals surface area contributed by atoms with Crippen LogP contribution < -0.4 is 10.6 Å². The molecule has 6 rings (SSSR count). The average molecular weight is 553 g/mol. The van der Waals surface area contributed by atoms with Gasteiger partial charge in [-0.2, -0.15) is 0 Å². The number of rotatable bonds is 10. The van der Waals surface area contributed by atoms with Crippen molar-refractivity contribution < 1.29 is 0 Å². The Morgan fingerprint density at radius 2 is 1.66 bits per heavy atom. The van der Waals surface area contributed by atoms with Crippen LogP contribution >= 0.6 is 0 Å². The summed E-state index contributed by atoms with van der Waals surface area (Å²) < 4.78 is 0. The van der Waals surface area contributed by atoms with Gasteiger partial charge >= 0.3 is 0 Å². The second-order valence-electron chi connectivity index (χ2n) is 13.9. The van der Waals surface area contributed by atoms with Crippen molar-refractivity contribution in [2.75, 3.05) is 11.4 Å². The topological polar surface area (TPSA) is 54.5 Å². The van der Waals surface area contributed by atoms with Crippen molar-refractivity contribution in [2.24, 2.45) is 22.1 Å². The largest absolute Gasteiger partial charge is 0.404 e. The first kappa shape index (κ1) is 29.6. The van der Waals surface area contributed by atoms with E-state index in [0.717, 1.165) is 23.5 Å². The zero-order valence-electron chi connectivity index (χ0n) is 26.0. The fourth-order valence-corrected chi connectivity index (χ4v) is 7.67. The number of nitrogens with two attached hydrogens (primary N) is 1. The lowest BCUT2D eigenvalue weighted by atomic mass is 9.51. The molecule has 4 aliphatic rings. The Labute approximate surface area is 249 Å². The summed E-state index contributed by atoms with van der Waals surface area (Å²) in [6.07, 6.45) is 19.7. The summed E-state index contributed by atoms with van der Waals surface area (Å²) in [5, 5.41) is 0. The Kier molecular flexibility index (Phi) is 9.06. The molecule has 220 valence electrons. The third-order valence-electron chi connectivity index (χ3n) is 10.6. The molecule has 2 aromatic rings. The highest BCUT2D eigenvalue weighted by molar-refractivity contribution is 6.09. The summed E-state index contributed by atoms with van der Waals surface area (Å²) in [4.78, 5) is 12.1. The van der Waals surface area contributed by atoms with Gasteiger partial charge in [-0.3, -0.25) is 4.99 Å². The highest BCUT2D eigenvalue weighted by Gasteiger charge is 2.50. The van der Waals surface area contributed by atoms with Crippen LogP contribution in [0.1, 0.15) is 121 Å². The standard InChI is InChI=1S/C37H52N4/c1-27(2)30-11-13-34(14-12-30)37-19-16-36(17-20-37,18-21-37)26-41(29(5)31-9-7-6-8-10-31)35-23-32(15-22-39-35)33(24-38)25-40-28(3)4/h11-15,22-25,27-28,31H,5-10,16-21,26,38H2,1-4H3/b33-24+,40-25?. The molecule has 1 aromatic heterocycles. The number of nitrogens with zero attached hydrogens (tertiary/aromatic N) is 3. The SMILES string of the molecule is C=C(C1CCCCC1)N(CC12CCC(c3ccc(C(C)C)cc3)(CC1)CC2)c1cc(/C(C=NC(C)C)=C/N)ccn1. The Morgan fingerprint density at radius 1 is 1.00 bits per heavy atom. The predicted octanol–water partition coefficient (Wildman–Crippen LogP) is 9.18. The van der Waals surface area contributed by atoms with E-state index in [2.05, 4.69) is 74.0 Å². The first-order chi connectivity index (χ1) is 19.7. The molecular weight excluding hydrogens is 500 g/mol. The van der Waals surface area contributed by atoms with Gasteiger partial charge in [-0.05, 0) is 117 Å². The van der Waals surface area contributed by atoms with Crippen molar-refractivity contribution in [2.45, 2.75) is 116 Å². The molecule has 4 heteroatoms. The summed E-state index contributed by atoms with van der Waals surface area (Å²) in [5.41, 5.74) is 13.0. The summed E-state index contributed by atoms with van der Waals surface area (Å²) >= 11 is 0. The van der Waals surface area contributed by atoms with E-state index < -0.39 is 0 Å². The summed E-state index contributed by atoms with van der Waals surface area (Å²) in [6.45, 7) is 14.5. The molecule has 2 N–H and O–H groups in total. The first-order valence-corrected chi connectivity index (χ1v) is 16.2. The minimum atomic E-state index is 0.228. The molecule has 0 spiro atoms. The van der Waals surface area contributed by atoms with Gasteiger partial charge < -0.3 is 10.6 Å². The van der Waals surface area contributed by atoms with Crippen molar-refractivity contribution in [3.8, 4) is 0 Å². The molecule has 4 fully saturated rings. The van der Waals surface area contributed by atoms with Crippen LogP contribution in [-0.4, -0.2) is 23.8 Å². The molecule has 0 aliphatic heterocycles. The van der Waals surface area contributed by atoms with E-state index in [1.54, 1.807) is 11.8 Å². The van der Waals surface area contributed by atoms with Gasteiger partial charge in [0.05, 0.1) is 0 Å². The van der Waals surface area contributed by atoms with Crippen molar-refractivity contribution in [3.05, 3.63) is 77.8 Å². The minimum Gasteiger partial charge on any atom is -0.404 e. The number of allylic oxidation sites excluding steroid dienone is 2. The van der Waals surface area contributed by atoms with Crippen molar-refractivity contribution in [3.63, 3.8) is 0 Å². The van der Waals surface area contributed by atoms with Gasteiger partial charge in [-0.1, -0.05) is 64.0 Å². The van der Waals surface area contributed by atoms with Gasteiger partial charge in [-0.25, -0.2) is 4.98 Å². The van der Waals surface area contributed by atoms with Crippen molar-refractivity contribution in [1.29, 1.82) is 0 Å². The molecule has 0 unspecified atom stereocenters. The van der Waals surface area contributed by atoms with Gasteiger partial charge in [0.1, 0.15) is 5.82 Å². The van der Waals surface area contributed by atoms with E-state index >= 15 is 0 Å². The van der Waals surface area contributed by atoms with Gasteiger partial charge in [0.25, 0.3) is 0 Å². The molecule has 4 saturated carbocycles. The summed E-state index contributed by atoms with van der Waals surface area (Å²) in [7, 11) is 0. The number of hydrogen-bond acceptors (Lipinski definition) is 4. The number of fused-ring (bicyclic) bond motifs is 3. The Hall–Kier alpha value is -2.88. The molecule has 1 aromatic carbocycles. The average Bonchev–Trinajstić information content (AvgIpc) is 3.01. The number of hydrogen-bond donors (Lipinski definition) is 1. The van der Waals surface area contributed by atoms with Crippen LogP contribution in [0.2, 0.25) is 0 Å². The summed E-state index contributed by atoms with van der Waals surface area (Å²) in [6, 6.07) is 14.1. The molecule has 4 aliphatic carbocycles. The predicted molar refractivity (Wildman–Crippen MR) is 175 cm³/mol. The van der Waals surface area contributed by atoms with Crippen LogP contribution in [0.4, 0.5) is 5.82 Å². The van der Waals surface area contributed by atoms with Crippen LogP contribution in [0.25, 0.3) is 5.57 Å². The van der Waals surface area contributed by atoms with Crippen molar-refractivity contribution in [1.82, 2.24) is 4.98 Å². The number of anilines is 1. The van der Waals surface area contributed by atoms with Gasteiger partial charge in [0.15, 0.2) is 0 Å². The van der Waals surface area contributed by atoms with E-state index in [-0.39, 0.29) is 6.04 Å². The lowest BCUT2D eigenvalue weighted by Crippen LogP contribution is -2.49. The molecular formula is C37H52N4. The lowest BCUT2D eigenvalue weighted by molar-refractivity contribution is 0.0459. The van der Waals surface area contributed by atoms with Crippen LogP contribution in [0.5, 0.6) is 0 Å². The minimum absolute atomic E-state index is 0.228. The van der Waals surface area contributed by atoms with Crippen LogP contribution in [0.3, 0.4) is 0 Å². The highest BCUT2D eigenvalue weighted by atomic mass is 15.2. The maximum absolute atomic E-state index is 6.07. The zero-order chi connectivity index (χ0) is 29.0. The normalized spacial score (nSPS) is 25.4. The Balaban J connectivity index is 1.39. The van der Waals surface area contributed by atoms with E-state index in [9.17, 15) is 0 Å². The van der Waals surface area contributed by atoms with E-state index in [0.29, 0.717) is 22.7 Å². The Bertz CT molecular complexity index is 1220. The van der Waals surface area contributed by atoms with E-state index in [4.69, 9.17) is 17.3 Å². The van der Waals surface area contributed by atoms with Crippen molar-refractivity contribution >= 4 is 17.6 Å². The third-order valence-corrected chi connectivity index (χ3v) is 10.6. The number of benzene rings is 1. The zero-order valence-corrected chi connectivity index (χ0v) is 26.0. The second kappa shape index (κ2) is 12.5. The number of pyridine rings is 1. The molecule has 0 atom stereocenters. The van der Waals surface area contributed by atoms with Gasteiger partial charge in [0.2, 0.25) is 0 Å². The highest BCUT2D eigenvalue weighted by Crippen LogP contribution is 2.58. The molecule has 0 amide bonds. The van der Waals surface area contributed by atoms with Crippen LogP contribution in [0, 0.1) is 11.3 Å². The van der Waals surface area contributed by atoms with Crippen LogP contribution in [-0.2, 0) is 5.41 Å². The third kappa shape index (κ3) is 6.47. The molecule has 1 heterocycles. The molecule has 2 bridgehead atoms. The smallest absolute Gasteiger partial charge is 0.133 e. The molecule has 4 nitrogen and oxygen atoms in total. The van der Waals surface area contributed by atoms with E-state index in [1.807, 2.05) is 12.4 Å². The number of aliphatic imine (C=N–C) groups is 1. The van der Waals surface area contributed by atoms with E-state index in [1.165, 1.54) is 81.9 Å². The molecule has 0 saturated heterocycles.